The molecule has 11 heteroatoms. The summed E-state index contributed by atoms with van der Waals surface area (Å²) in [6.45, 7) is 3.23. The molecule has 0 unspecified atom stereocenters. The highest BCUT2D eigenvalue weighted by Gasteiger charge is 2.30. The van der Waals surface area contributed by atoms with Gasteiger partial charge in [0.25, 0.3) is 0 Å². The van der Waals surface area contributed by atoms with Gasteiger partial charge >= 0.3 is 11.9 Å². The van der Waals surface area contributed by atoms with Crippen molar-refractivity contribution in [1.82, 2.24) is 14.6 Å². The molecule has 1 amide bonds. The number of piperazine rings is 1. The van der Waals surface area contributed by atoms with E-state index in [1.165, 1.54) is 12.1 Å². The minimum absolute atomic E-state index is 0.0480. The van der Waals surface area contributed by atoms with E-state index in [9.17, 15) is 22.8 Å². The number of fused-ring (bicyclic) bond motifs is 1. The quantitative estimate of drug-likeness (QED) is 0.538. The zero-order valence-corrected chi connectivity index (χ0v) is 18.4. The molecule has 1 aromatic heterocycles. The lowest BCUT2D eigenvalue weighted by Gasteiger charge is -2.35. The zero-order valence-electron chi connectivity index (χ0n) is 17.6. The third kappa shape index (κ3) is 4.93. The first-order valence-corrected chi connectivity index (χ1v) is 11.4. The summed E-state index contributed by atoms with van der Waals surface area (Å²) in [5.74, 6) is -0.501. The summed E-state index contributed by atoms with van der Waals surface area (Å²) in [4.78, 5) is 31.6. The average Bonchev–Trinajstić information content (AvgIpc) is 3.22. The minimum Gasteiger partial charge on any atom is -0.325 e. The summed E-state index contributed by atoms with van der Waals surface area (Å²) in [7, 11) is 2.05. The maximum absolute atomic E-state index is 12.9. The molecule has 172 valence electrons. The largest absolute Gasteiger partial charge is 0.416 e. The zero-order chi connectivity index (χ0) is 22.9. The Bertz CT molecular complexity index is 1060. The Morgan fingerprint density at radius 2 is 1.94 bits per heavy atom. The van der Waals surface area contributed by atoms with Crippen LogP contribution in [0.25, 0.3) is 0 Å². The monoisotopic (exact) mass is 467 g/mol. The molecule has 0 spiro atoms. The molecule has 0 bridgehead atoms. The third-order valence-electron chi connectivity index (χ3n) is 5.66. The standard InChI is InChI=1S/C21H24F3N5O2S/c1-27-8-10-28(11-9-27)29-17-7-3-6-16(17)19(26-20(29)31)32-13-18(30)25-15-5-2-4-14(12-15)21(22,23)24/h2,4-5,12H,3,6-11,13H2,1H3,(H,25,30). The number of likely N-dealkylation sites (N-methyl/N-ethyl adjacent to an activating group) is 1. The number of carbonyl (C=O) groups excluding carboxylic acids is 1. The summed E-state index contributed by atoms with van der Waals surface area (Å²) in [5.41, 5.74) is 0.843. The smallest absolute Gasteiger partial charge is 0.325 e. The molecule has 1 N–H and O–H groups in total. The molecule has 0 saturated carbocycles. The summed E-state index contributed by atoms with van der Waals surface area (Å²) < 4.78 is 40.3. The number of halogens is 3. The average molecular weight is 468 g/mol. The van der Waals surface area contributed by atoms with Crippen LogP contribution in [0.15, 0.2) is 34.1 Å². The van der Waals surface area contributed by atoms with E-state index in [1.807, 2.05) is 12.1 Å². The molecule has 1 aliphatic heterocycles. The number of nitrogens with zero attached hydrogens (tertiary/aromatic N) is 4. The number of carbonyl (C=O) groups is 1. The molecule has 1 saturated heterocycles. The Morgan fingerprint density at radius 1 is 1.19 bits per heavy atom. The first-order chi connectivity index (χ1) is 15.2. The van der Waals surface area contributed by atoms with Crippen LogP contribution in [-0.4, -0.2) is 59.4 Å². The number of aromatic nitrogens is 2. The molecule has 1 aromatic carbocycles. The highest BCUT2D eigenvalue weighted by atomic mass is 32.2. The number of hydrogen-bond donors (Lipinski definition) is 1. The fourth-order valence-corrected chi connectivity index (χ4v) is 4.90. The van der Waals surface area contributed by atoms with Gasteiger partial charge in [-0.05, 0) is 44.5 Å². The Labute approximate surface area is 187 Å². The Morgan fingerprint density at radius 3 is 2.66 bits per heavy atom. The van der Waals surface area contributed by atoms with Crippen LogP contribution in [0.3, 0.4) is 0 Å². The molecule has 7 nitrogen and oxygen atoms in total. The van der Waals surface area contributed by atoms with Crippen LogP contribution in [0, 0.1) is 0 Å². The van der Waals surface area contributed by atoms with Crippen molar-refractivity contribution < 1.29 is 18.0 Å². The number of hydrogen-bond acceptors (Lipinski definition) is 6. The molecular weight excluding hydrogens is 443 g/mol. The second-order valence-electron chi connectivity index (χ2n) is 7.96. The Kier molecular flexibility index (Phi) is 6.47. The molecule has 0 radical (unpaired) electrons. The van der Waals surface area contributed by atoms with Crippen molar-refractivity contribution >= 4 is 23.4 Å². The SMILES string of the molecule is CN1CCN(n2c3c(c(SCC(=O)Nc4cccc(C(F)(F)F)c4)nc2=O)CCC3)CC1. The summed E-state index contributed by atoms with van der Waals surface area (Å²) in [6, 6.07) is 4.51. The molecule has 2 aliphatic rings. The van der Waals surface area contributed by atoms with Crippen LogP contribution in [-0.2, 0) is 23.8 Å². The molecule has 2 aromatic rings. The van der Waals surface area contributed by atoms with Crippen LogP contribution < -0.4 is 16.0 Å². The van der Waals surface area contributed by atoms with Gasteiger partial charge in [0, 0.05) is 37.4 Å². The number of anilines is 1. The lowest BCUT2D eigenvalue weighted by molar-refractivity contribution is -0.137. The molecule has 1 fully saturated rings. The lowest BCUT2D eigenvalue weighted by Crippen LogP contribution is -2.54. The first-order valence-electron chi connectivity index (χ1n) is 10.4. The van der Waals surface area contributed by atoms with Crippen molar-refractivity contribution in [2.24, 2.45) is 0 Å². The number of thioether (sulfide) groups is 1. The number of rotatable bonds is 5. The fourth-order valence-electron chi connectivity index (χ4n) is 4.02. The van der Waals surface area contributed by atoms with E-state index in [4.69, 9.17) is 0 Å². The third-order valence-corrected chi connectivity index (χ3v) is 6.67. The van der Waals surface area contributed by atoms with E-state index in [-0.39, 0.29) is 17.1 Å². The van der Waals surface area contributed by atoms with Gasteiger partial charge in [0.05, 0.1) is 17.0 Å². The minimum atomic E-state index is -4.48. The molecule has 1 aliphatic carbocycles. The topological polar surface area (TPSA) is 70.5 Å². The van der Waals surface area contributed by atoms with Crippen LogP contribution in [0.4, 0.5) is 18.9 Å². The molecule has 32 heavy (non-hydrogen) atoms. The van der Waals surface area contributed by atoms with Crippen molar-refractivity contribution in [2.75, 3.05) is 49.3 Å². The highest BCUT2D eigenvalue weighted by molar-refractivity contribution is 8.00. The first kappa shape index (κ1) is 22.7. The van der Waals surface area contributed by atoms with E-state index >= 15 is 0 Å². The number of nitrogens with one attached hydrogen (secondary N) is 1. The van der Waals surface area contributed by atoms with Gasteiger partial charge in [-0.3, -0.25) is 4.79 Å². The van der Waals surface area contributed by atoms with E-state index in [2.05, 4.69) is 15.2 Å². The van der Waals surface area contributed by atoms with Crippen LogP contribution in [0.2, 0.25) is 0 Å². The van der Waals surface area contributed by atoms with Gasteiger partial charge in [-0.1, -0.05) is 17.8 Å². The van der Waals surface area contributed by atoms with Crippen molar-refractivity contribution in [3.05, 3.63) is 51.6 Å². The van der Waals surface area contributed by atoms with Crippen LogP contribution >= 0.6 is 11.8 Å². The van der Waals surface area contributed by atoms with Gasteiger partial charge in [0.15, 0.2) is 0 Å². The Hall–Kier alpha value is -2.53. The maximum Gasteiger partial charge on any atom is 0.416 e. The predicted octanol–water partition coefficient (Wildman–Crippen LogP) is 2.37. The van der Waals surface area contributed by atoms with E-state index < -0.39 is 17.6 Å². The van der Waals surface area contributed by atoms with Gasteiger partial charge in [0.2, 0.25) is 5.91 Å². The number of alkyl halides is 3. The molecular formula is C21H24F3N5O2S. The molecule has 2 heterocycles. The van der Waals surface area contributed by atoms with Gasteiger partial charge in [-0.25, -0.2) is 9.47 Å². The number of benzene rings is 1. The maximum atomic E-state index is 12.9. The molecule has 0 atom stereocenters. The fraction of sp³-hybridized carbons (Fsp3) is 0.476. The van der Waals surface area contributed by atoms with Crippen molar-refractivity contribution in [3.63, 3.8) is 0 Å². The van der Waals surface area contributed by atoms with E-state index in [0.717, 1.165) is 80.6 Å². The van der Waals surface area contributed by atoms with Crippen molar-refractivity contribution in [1.29, 1.82) is 0 Å². The number of amides is 1. The van der Waals surface area contributed by atoms with Gasteiger partial charge < -0.3 is 15.2 Å². The normalized spacial score (nSPS) is 16.8. The second kappa shape index (κ2) is 9.14. The lowest BCUT2D eigenvalue weighted by atomic mass is 10.2. The van der Waals surface area contributed by atoms with Gasteiger partial charge in [0.1, 0.15) is 5.03 Å². The summed E-state index contributed by atoms with van der Waals surface area (Å²) in [6.07, 6.45) is -2.00. The van der Waals surface area contributed by atoms with E-state index in [0.29, 0.717) is 5.03 Å². The second-order valence-corrected chi connectivity index (χ2v) is 8.93. The predicted molar refractivity (Wildman–Crippen MR) is 117 cm³/mol. The van der Waals surface area contributed by atoms with Crippen LogP contribution in [0.1, 0.15) is 23.2 Å². The van der Waals surface area contributed by atoms with Crippen molar-refractivity contribution in [3.8, 4) is 0 Å². The summed E-state index contributed by atoms with van der Waals surface area (Å²) in [5, 5.41) is 5.06. The van der Waals surface area contributed by atoms with Crippen LogP contribution in [0.5, 0.6) is 0 Å². The van der Waals surface area contributed by atoms with Crippen molar-refractivity contribution in [2.45, 2.75) is 30.5 Å². The van der Waals surface area contributed by atoms with Gasteiger partial charge in [-0.2, -0.15) is 18.2 Å². The molecule has 4 rings (SSSR count). The van der Waals surface area contributed by atoms with Gasteiger partial charge in [-0.15, -0.1) is 0 Å². The highest BCUT2D eigenvalue weighted by Crippen LogP contribution is 2.31. The Balaban J connectivity index is 1.46. The summed E-state index contributed by atoms with van der Waals surface area (Å²) >= 11 is 1.15. The van der Waals surface area contributed by atoms with E-state index in [1.54, 1.807) is 4.68 Å².